The Hall–Kier alpha value is -2.90. The smallest absolute Gasteiger partial charge is 0.261 e. The predicted molar refractivity (Wildman–Crippen MR) is 108 cm³/mol. The molecule has 0 aliphatic carbocycles. The van der Waals surface area contributed by atoms with Crippen molar-refractivity contribution in [1.29, 1.82) is 0 Å². The van der Waals surface area contributed by atoms with Crippen molar-refractivity contribution in [2.45, 2.75) is 11.8 Å². The highest BCUT2D eigenvalue weighted by Crippen LogP contribution is 2.26. The summed E-state index contributed by atoms with van der Waals surface area (Å²) in [6, 6.07) is 15.9. The van der Waals surface area contributed by atoms with Gasteiger partial charge in [0.2, 0.25) is 0 Å². The number of benzene rings is 3. The van der Waals surface area contributed by atoms with Gasteiger partial charge in [-0.25, -0.2) is 12.8 Å². The minimum atomic E-state index is -3.99. The largest absolute Gasteiger partial charge is 0.322 e. The second kappa shape index (κ2) is 8.00. The maximum atomic E-state index is 13.0. The monoisotopic (exact) mass is 418 g/mol. The van der Waals surface area contributed by atoms with E-state index in [1.54, 1.807) is 12.1 Å². The molecule has 2 N–H and O–H groups in total. The average molecular weight is 419 g/mol. The molecule has 0 heterocycles. The zero-order valence-electron chi connectivity index (χ0n) is 14.7. The fourth-order valence-corrected chi connectivity index (χ4v) is 3.69. The lowest BCUT2D eigenvalue weighted by Crippen LogP contribution is -2.15. The van der Waals surface area contributed by atoms with Gasteiger partial charge >= 0.3 is 0 Å². The van der Waals surface area contributed by atoms with Crippen LogP contribution in [0.25, 0.3) is 0 Å². The third kappa shape index (κ3) is 4.68. The SMILES string of the molecule is Cc1ccc(NC(=O)c2ccc(Cl)c(NS(=O)(=O)c3ccc(F)cc3)c2)cc1. The van der Waals surface area contributed by atoms with Crippen molar-refractivity contribution in [2.75, 3.05) is 10.0 Å². The molecule has 0 unspecified atom stereocenters. The Labute approximate surface area is 167 Å². The van der Waals surface area contributed by atoms with Crippen molar-refractivity contribution in [1.82, 2.24) is 0 Å². The highest BCUT2D eigenvalue weighted by molar-refractivity contribution is 7.92. The Morgan fingerprint density at radius 2 is 1.61 bits per heavy atom. The van der Waals surface area contributed by atoms with Gasteiger partial charge in [0, 0.05) is 11.3 Å². The topological polar surface area (TPSA) is 75.3 Å². The number of carbonyl (C=O) groups excluding carboxylic acids is 1. The molecule has 0 radical (unpaired) electrons. The van der Waals surface area contributed by atoms with E-state index in [4.69, 9.17) is 11.6 Å². The minimum Gasteiger partial charge on any atom is -0.322 e. The first-order valence-electron chi connectivity index (χ1n) is 8.20. The van der Waals surface area contributed by atoms with E-state index in [9.17, 15) is 17.6 Å². The van der Waals surface area contributed by atoms with Crippen LogP contribution in [0, 0.1) is 12.7 Å². The van der Waals surface area contributed by atoms with Gasteiger partial charge in [0.15, 0.2) is 0 Å². The van der Waals surface area contributed by atoms with Gasteiger partial charge in [-0.3, -0.25) is 9.52 Å². The predicted octanol–water partition coefficient (Wildman–Crippen LogP) is 4.84. The third-order valence-corrected chi connectivity index (χ3v) is 5.62. The molecule has 0 bridgehead atoms. The summed E-state index contributed by atoms with van der Waals surface area (Å²) in [5, 5.41) is 2.85. The fourth-order valence-electron chi connectivity index (χ4n) is 2.40. The molecule has 5 nitrogen and oxygen atoms in total. The molecule has 3 rings (SSSR count). The molecule has 0 aromatic heterocycles. The number of amides is 1. The standard InChI is InChI=1S/C20H16ClFN2O3S/c1-13-2-7-16(8-3-13)23-20(25)14-4-11-18(21)19(12-14)24-28(26,27)17-9-5-15(22)6-10-17/h2-12,24H,1H3,(H,23,25). The van der Waals surface area contributed by atoms with Crippen molar-refractivity contribution in [3.63, 3.8) is 0 Å². The zero-order valence-corrected chi connectivity index (χ0v) is 16.3. The van der Waals surface area contributed by atoms with Crippen LogP contribution < -0.4 is 10.0 Å². The van der Waals surface area contributed by atoms with Crippen LogP contribution in [0.3, 0.4) is 0 Å². The molecular formula is C20H16ClFN2O3S. The lowest BCUT2D eigenvalue weighted by molar-refractivity contribution is 0.102. The molecule has 0 aliphatic heterocycles. The average Bonchev–Trinajstić information content (AvgIpc) is 2.65. The van der Waals surface area contributed by atoms with Crippen LogP contribution in [0.2, 0.25) is 5.02 Å². The van der Waals surface area contributed by atoms with Gasteiger partial charge < -0.3 is 5.32 Å². The van der Waals surface area contributed by atoms with Gasteiger partial charge in [-0.15, -0.1) is 0 Å². The summed E-state index contributed by atoms with van der Waals surface area (Å²) < 4.78 is 40.3. The number of aryl methyl sites for hydroxylation is 1. The van der Waals surface area contributed by atoms with Crippen LogP contribution in [0.5, 0.6) is 0 Å². The van der Waals surface area contributed by atoms with Gasteiger partial charge in [-0.05, 0) is 61.5 Å². The first-order valence-corrected chi connectivity index (χ1v) is 10.1. The fraction of sp³-hybridized carbons (Fsp3) is 0.0500. The van der Waals surface area contributed by atoms with Crippen LogP contribution in [0.4, 0.5) is 15.8 Å². The molecule has 144 valence electrons. The van der Waals surface area contributed by atoms with Gasteiger partial charge in [-0.2, -0.15) is 0 Å². The maximum Gasteiger partial charge on any atom is 0.261 e. The number of hydrogen-bond donors (Lipinski definition) is 2. The Morgan fingerprint density at radius 3 is 2.25 bits per heavy atom. The molecule has 0 fully saturated rings. The summed E-state index contributed by atoms with van der Waals surface area (Å²) in [5.41, 5.74) is 1.94. The van der Waals surface area contributed by atoms with Gasteiger partial charge in [-0.1, -0.05) is 29.3 Å². The molecule has 1 amide bonds. The van der Waals surface area contributed by atoms with Crippen LogP contribution in [-0.4, -0.2) is 14.3 Å². The van der Waals surface area contributed by atoms with E-state index < -0.39 is 21.7 Å². The lowest BCUT2D eigenvalue weighted by atomic mass is 10.1. The summed E-state index contributed by atoms with van der Waals surface area (Å²) in [6.07, 6.45) is 0. The molecular weight excluding hydrogens is 403 g/mol. The van der Waals surface area contributed by atoms with E-state index in [0.29, 0.717) is 5.69 Å². The van der Waals surface area contributed by atoms with Gasteiger partial charge in [0.1, 0.15) is 5.82 Å². The highest BCUT2D eigenvalue weighted by Gasteiger charge is 2.17. The molecule has 8 heteroatoms. The number of nitrogens with one attached hydrogen (secondary N) is 2. The van der Waals surface area contributed by atoms with E-state index in [2.05, 4.69) is 10.0 Å². The van der Waals surface area contributed by atoms with Gasteiger partial charge in [0.05, 0.1) is 15.6 Å². The van der Waals surface area contributed by atoms with Crippen LogP contribution in [0.15, 0.2) is 71.6 Å². The van der Waals surface area contributed by atoms with E-state index in [0.717, 1.165) is 29.8 Å². The summed E-state index contributed by atoms with van der Waals surface area (Å²) in [4.78, 5) is 12.3. The molecule has 0 saturated carbocycles. The van der Waals surface area contributed by atoms with Crippen molar-refractivity contribution >= 4 is 38.9 Å². The normalized spacial score (nSPS) is 11.1. The quantitative estimate of drug-likeness (QED) is 0.622. The Balaban J connectivity index is 1.83. The molecule has 0 saturated heterocycles. The van der Waals surface area contributed by atoms with Crippen molar-refractivity contribution < 1.29 is 17.6 Å². The van der Waals surface area contributed by atoms with E-state index in [-0.39, 0.29) is 21.2 Å². The second-order valence-electron chi connectivity index (χ2n) is 6.07. The molecule has 0 spiro atoms. The Morgan fingerprint density at radius 1 is 0.964 bits per heavy atom. The van der Waals surface area contributed by atoms with E-state index in [1.807, 2.05) is 19.1 Å². The van der Waals surface area contributed by atoms with E-state index in [1.165, 1.54) is 18.2 Å². The van der Waals surface area contributed by atoms with Crippen LogP contribution in [-0.2, 0) is 10.0 Å². The van der Waals surface area contributed by atoms with Crippen LogP contribution in [0.1, 0.15) is 15.9 Å². The number of halogens is 2. The summed E-state index contributed by atoms with van der Waals surface area (Å²) in [6.45, 7) is 1.93. The number of carbonyl (C=O) groups is 1. The third-order valence-electron chi connectivity index (χ3n) is 3.91. The lowest BCUT2D eigenvalue weighted by Gasteiger charge is -2.12. The van der Waals surface area contributed by atoms with Crippen molar-refractivity contribution in [3.05, 3.63) is 88.7 Å². The Kier molecular flexibility index (Phi) is 5.67. The molecule has 0 atom stereocenters. The summed E-state index contributed by atoms with van der Waals surface area (Å²) >= 11 is 6.08. The van der Waals surface area contributed by atoms with Crippen molar-refractivity contribution in [2.24, 2.45) is 0 Å². The summed E-state index contributed by atoms with van der Waals surface area (Å²) in [5.74, 6) is -0.963. The first-order chi connectivity index (χ1) is 13.2. The second-order valence-corrected chi connectivity index (χ2v) is 8.16. The first kappa shape index (κ1) is 19.9. The molecule has 3 aromatic rings. The van der Waals surface area contributed by atoms with Crippen LogP contribution >= 0.6 is 11.6 Å². The molecule has 3 aromatic carbocycles. The van der Waals surface area contributed by atoms with E-state index >= 15 is 0 Å². The highest BCUT2D eigenvalue weighted by atomic mass is 35.5. The molecule has 0 aliphatic rings. The minimum absolute atomic E-state index is 0.0440. The number of rotatable bonds is 5. The van der Waals surface area contributed by atoms with Crippen molar-refractivity contribution in [3.8, 4) is 0 Å². The number of anilines is 2. The number of hydrogen-bond acceptors (Lipinski definition) is 3. The number of sulfonamides is 1. The zero-order chi connectivity index (χ0) is 20.3. The van der Waals surface area contributed by atoms with Gasteiger partial charge in [0.25, 0.3) is 15.9 Å². The molecule has 28 heavy (non-hydrogen) atoms. The Bertz CT molecular complexity index is 1120. The maximum absolute atomic E-state index is 13.0. The summed E-state index contributed by atoms with van der Waals surface area (Å²) in [7, 11) is -3.99.